The third kappa shape index (κ3) is 18.1. The molecule has 0 bridgehead atoms. The van der Waals surface area contributed by atoms with Crippen molar-refractivity contribution in [3.05, 3.63) is 6.23 Å². The van der Waals surface area contributed by atoms with Gasteiger partial charge in [0.05, 0.1) is 0 Å². The van der Waals surface area contributed by atoms with Crippen LogP contribution in [-0.4, -0.2) is 1.12 Å². The molecule has 0 saturated heterocycles. The molecule has 0 spiro atoms. The molecule has 0 aliphatic carbocycles. The minimum atomic E-state index is -0.836. The third-order valence-corrected chi connectivity index (χ3v) is 0. The molecule has 0 N–H and O–H groups in total. The Bertz CT molecular complexity index is 51.0. The van der Waals surface area contributed by atoms with E-state index in [4.69, 9.17) is 2.49 Å². The minimum absolute atomic E-state index is 0. The summed E-state index contributed by atoms with van der Waals surface area (Å²) in [5.74, 6) is 0. The Morgan fingerprint density at radius 1 is 2.20 bits per heavy atom. The molecule has 5 heavy (non-hydrogen) atoms. The zero-order valence-electron chi connectivity index (χ0n) is 5.43. The monoisotopic (exact) mass is 159 g/mol. The van der Waals surface area contributed by atoms with Gasteiger partial charge in [-0.1, -0.05) is 0 Å². The maximum Gasteiger partial charge on any atom is 1.00 e. The van der Waals surface area contributed by atoms with Crippen LogP contribution in [0, 0.1) is 6.23 Å². The summed E-state index contributed by atoms with van der Waals surface area (Å²) >= 11 is 0. The molecule has 0 amide bonds. The molecule has 0 fully saturated rings. The van der Waals surface area contributed by atoms with Crippen molar-refractivity contribution in [3.8, 4) is 0 Å². The molecule has 1 unspecified atom stereocenters. The van der Waals surface area contributed by atoms with Crippen LogP contribution in [0.4, 0.5) is 0 Å². The molecule has 1 atom stereocenters. The van der Waals surface area contributed by atoms with E-state index in [0.29, 0.717) is 0 Å². The first-order chi connectivity index (χ1) is 2.27. The maximum absolute atomic E-state index is 6.48. The van der Waals surface area contributed by atoms with E-state index < -0.39 is 10.8 Å². The topological polar surface area (TPSA) is 0 Å². The first-order valence-electron chi connectivity index (χ1n) is 1.40. The van der Waals surface area contributed by atoms with E-state index in [1.165, 1.54) is 0 Å². The Hall–Kier alpha value is 3.92. The molecule has 0 rings (SSSR count). The van der Waals surface area contributed by atoms with Gasteiger partial charge in [-0.3, -0.25) is 0 Å². The molecule has 0 aromatic rings. The quantitative estimate of drug-likeness (QED) is 0.168. The number of hydrogen-bond donors (Lipinski definition) is 1. The van der Waals surface area contributed by atoms with Gasteiger partial charge >= 0.3 is 103 Å². The molecule has 0 heterocycles. The molecule has 0 saturated carbocycles. The van der Waals surface area contributed by atoms with Gasteiger partial charge < -0.3 is 25.1 Å². The van der Waals surface area contributed by atoms with Crippen LogP contribution in [0.2, 0.25) is 0 Å². The van der Waals surface area contributed by atoms with E-state index in [0.717, 1.165) is 6.23 Å². The molecule has 0 aliphatic heterocycles. The van der Waals surface area contributed by atoms with Gasteiger partial charge in [0.2, 0.25) is 0 Å². The van der Waals surface area contributed by atoms with Crippen molar-refractivity contribution >= 4 is 18.9 Å². The van der Waals surface area contributed by atoms with E-state index in [-0.39, 0.29) is 103 Å². The van der Waals surface area contributed by atoms with E-state index >= 15 is 0 Å². The van der Waals surface area contributed by atoms with Gasteiger partial charge in [-0.05, 0) is 0 Å². The maximum atomic E-state index is 6.48. The van der Waals surface area contributed by atoms with Crippen LogP contribution >= 0.6 is 8.02 Å². The Balaban J connectivity index is -0.0000000800. The second-order valence-electron chi connectivity index (χ2n) is 0.105. The van der Waals surface area contributed by atoms with E-state index in [9.17, 15) is 0 Å². The van der Waals surface area contributed by atoms with Crippen molar-refractivity contribution in [2.75, 3.05) is 0 Å². The normalized spacial score (nSPS) is 15.2. The van der Waals surface area contributed by atoms with E-state index in [2.05, 4.69) is 8.02 Å². The predicted molar refractivity (Wildman–Crippen MR) is 21.0 cm³/mol. The fraction of sp³-hybridized carbons (Fsp3) is 0. The van der Waals surface area contributed by atoms with Crippen molar-refractivity contribution in [1.82, 2.24) is 0 Å². The predicted octanol–water partition coefficient (Wildman–Crippen LogP) is -5.07. The van der Waals surface area contributed by atoms with Crippen LogP contribution in [0.25, 0.3) is 0 Å². The van der Waals surface area contributed by atoms with Gasteiger partial charge in [0, 0.05) is 1.12 Å². The third-order valence-electron chi connectivity index (χ3n) is 0. The fourth-order valence-corrected chi connectivity index (χ4v) is 0. The number of thiol groups is 1. The second-order valence-corrected chi connectivity index (χ2v) is 0.949. The van der Waals surface area contributed by atoms with E-state index in [1.54, 1.807) is 0 Å². The van der Waals surface area contributed by atoms with Crippen LogP contribution in [0.15, 0.2) is 0 Å². The van der Waals surface area contributed by atoms with Crippen molar-refractivity contribution in [3.63, 3.8) is 0 Å². The average Bonchev–Trinajstić information content (AvgIpc) is 1.38. The van der Waals surface area contributed by atoms with Gasteiger partial charge in [0.25, 0.3) is 0 Å². The molecule has 0 aromatic heterocycles. The zero-order chi connectivity index (χ0) is 4.28. The Morgan fingerprint density at radius 2 is 2.40 bits per heavy atom. The molecule has 20 valence electrons. The molecule has 4 heteroatoms. The molecule has 0 aliphatic rings. The van der Waals surface area contributed by atoms with Gasteiger partial charge in [-0.15, -0.1) is 0 Å². The summed E-state index contributed by atoms with van der Waals surface area (Å²) in [5.41, 5.74) is 0. The van der Waals surface area contributed by atoms with Crippen LogP contribution in [0.3, 0.4) is 0 Å². The van der Waals surface area contributed by atoms with Crippen LogP contribution in [0.1, 0.15) is 1.37 Å². The first-order valence-corrected chi connectivity index (χ1v) is 2.35. The van der Waals surface area contributed by atoms with Crippen molar-refractivity contribution < 1.29 is 104 Å². The Labute approximate surface area is 126 Å². The zero-order valence-corrected chi connectivity index (χ0v) is 11.4. The number of rotatable bonds is 1. The Morgan fingerprint density at radius 3 is 2.40 bits per heavy atom. The standard InChI is InChI=1S/CH3PS.2K/c1-3-2;;/h3H,1H2;;/q-2;2*+1/i1T,3D;;. The van der Waals surface area contributed by atoms with Crippen LogP contribution < -0.4 is 103 Å². The Kier molecular flexibility index (Phi) is 28.0. The van der Waals surface area contributed by atoms with Crippen LogP contribution in [-0.2, 0) is 10.8 Å². The summed E-state index contributed by atoms with van der Waals surface area (Å²) < 4.78 is 12.8. The summed E-state index contributed by atoms with van der Waals surface area (Å²) in [5, 5.41) is 0. The average molecular weight is 159 g/mol. The number of hydrogen-bond acceptors (Lipinski definition) is 0. The fourth-order valence-electron chi connectivity index (χ4n) is 0. The summed E-state index contributed by atoms with van der Waals surface area (Å²) in [4.78, 5) is 0. The molecule has 0 aromatic carbocycles. The smallest absolute Gasteiger partial charge is 0.730 e. The van der Waals surface area contributed by atoms with Gasteiger partial charge in [-0.2, -0.15) is 0 Å². The van der Waals surface area contributed by atoms with Gasteiger partial charge in [-0.25, -0.2) is 1.37 Å². The van der Waals surface area contributed by atoms with Crippen LogP contribution in [0.5, 0.6) is 0 Å². The summed E-state index contributed by atoms with van der Waals surface area (Å²) in [6, 6.07) is 0. The van der Waals surface area contributed by atoms with Gasteiger partial charge in [0.15, 0.2) is 0 Å². The molecular weight excluding hydrogens is 153 g/mol. The summed E-state index contributed by atoms with van der Waals surface area (Å²) in [6.07, 6.45) is 0.975. The SMILES string of the molecule is [2H]S(=[P-])[CH-][3H].[K+].[K+]. The van der Waals surface area contributed by atoms with Crippen molar-refractivity contribution in [2.24, 2.45) is 0 Å². The largest absolute Gasteiger partial charge is 1.00 e. The first kappa shape index (κ1) is 8.92. The van der Waals surface area contributed by atoms with Gasteiger partial charge in [0.1, 0.15) is 0 Å². The molecule has 0 radical (unpaired) electrons. The van der Waals surface area contributed by atoms with E-state index in [1.807, 2.05) is 0 Å². The molecular formula is CH3K2PS. The summed E-state index contributed by atoms with van der Waals surface area (Å²) in [7, 11) is 2.71. The van der Waals surface area contributed by atoms with Crippen molar-refractivity contribution in [2.45, 2.75) is 0 Å². The summed E-state index contributed by atoms with van der Waals surface area (Å²) in [6.45, 7) is 0. The molecule has 0 nitrogen and oxygen atoms in total. The van der Waals surface area contributed by atoms with Crippen molar-refractivity contribution in [1.29, 1.82) is 1.12 Å². The second kappa shape index (κ2) is 15.7. The minimum Gasteiger partial charge on any atom is -0.730 e.